The van der Waals surface area contributed by atoms with Gasteiger partial charge in [-0.25, -0.2) is 13.2 Å². The first-order valence-corrected chi connectivity index (χ1v) is 7.77. The predicted molar refractivity (Wildman–Crippen MR) is 70.1 cm³/mol. The molecule has 0 aliphatic heterocycles. The van der Waals surface area contributed by atoms with Crippen LogP contribution in [0.3, 0.4) is 0 Å². The van der Waals surface area contributed by atoms with Gasteiger partial charge in [-0.3, -0.25) is 14.3 Å². The maximum Gasteiger partial charge on any atom is 0.329 e. The molecule has 1 aromatic heterocycles. The van der Waals surface area contributed by atoms with Crippen molar-refractivity contribution in [2.24, 2.45) is 0 Å². The Morgan fingerprint density at radius 1 is 1.33 bits per heavy atom. The van der Waals surface area contributed by atoms with E-state index in [1.165, 1.54) is 0 Å². The molecule has 0 spiro atoms. The van der Waals surface area contributed by atoms with E-state index in [-0.39, 0.29) is 28.9 Å². The van der Waals surface area contributed by atoms with E-state index in [2.05, 4.69) is 4.98 Å². The number of aromatic amines is 1. The van der Waals surface area contributed by atoms with Crippen LogP contribution in [0.25, 0.3) is 0 Å². The number of hydrogen-bond donors (Lipinski definition) is 1. The first kappa shape index (κ1) is 15.0. The molecule has 0 radical (unpaired) electrons. The summed E-state index contributed by atoms with van der Waals surface area (Å²) < 4.78 is 23.0. The van der Waals surface area contributed by atoms with Gasteiger partial charge in [0.15, 0.2) is 0 Å². The number of rotatable bonds is 4. The summed E-state index contributed by atoms with van der Waals surface area (Å²) in [6, 6.07) is 0. The Kier molecular flexibility index (Phi) is 4.39. The topological polar surface area (TPSA) is 89.0 Å². The van der Waals surface area contributed by atoms with Gasteiger partial charge in [0.25, 0.3) is 5.56 Å². The van der Waals surface area contributed by atoms with Crippen molar-refractivity contribution in [3.8, 4) is 0 Å². The molecule has 1 aromatic rings. The van der Waals surface area contributed by atoms with E-state index in [9.17, 15) is 18.0 Å². The SMILES string of the molecule is CC(C)c1c(Cl)[nH]c(=O)n(CCS(C)(=O)=O)c1=O. The molecule has 1 N–H and O–H groups in total. The summed E-state index contributed by atoms with van der Waals surface area (Å²) in [5, 5.41) is 0.00982. The minimum atomic E-state index is -3.24. The zero-order chi connectivity index (χ0) is 14.1. The third-order valence-electron chi connectivity index (χ3n) is 2.44. The first-order valence-electron chi connectivity index (χ1n) is 5.33. The van der Waals surface area contributed by atoms with Crippen LogP contribution in [0, 0.1) is 0 Å². The first-order chi connectivity index (χ1) is 8.13. The fourth-order valence-electron chi connectivity index (χ4n) is 1.52. The second kappa shape index (κ2) is 5.27. The number of aromatic nitrogens is 2. The van der Waals surface area contributed by atoms with Crippen LogP contribution in [-0.2, 0) is 16.4 Å². The molecule has 8 heteroatoms. The second-order valence-electron chi connectivity index (χ2n) is 4.40. The minimum absolute atomic E-state index is 0.00982. The van der Waals surface area contributed by atoms with Crippen molar-refractivity contribution in [3.05, 3.63) is 31.6 Å². The summed E-state index contributed by atoms with van der Waals surface area (Å²) in [7, 11) is -3.24. The van der Waals surface area contributed by atoms with Crippen molar-refractivity contribution >= 4 is 21.4 Å². The summed E-state index contributed by atoms with van der Waals surface area (Å²) >= 11 is 5.80. The van der Waals surface area contributed by atoms with Gasteiger partial charge in [0.2, 0.25) is 0 Å². The molecule has 0 aliphatic carbocycles. The lowest BCUT2D eigenvalue weighted by Crippen LogP contribution is -2.39. The normalized spacial score (nSPS) is 12.1. The lowest BCUT2D eigenvalue weighted by Gasteiger charge is -2.10. The van der Waals surface area contributed by atoms with Crippen molar-refractivity contribution in [3.63, 3.8) is 0 Å². The zero-order valence-electron chi connectivity index (χ0n) is 10.4. The maximum absolute atomic E-state index is 12.0. The van der Waals surface area contributed by atoms with Crippen LogP contribution in [0.1, 0.15) is 25.3 Å². The van der Waals surface area contributed by atoms with Gasteiger partial charge < -0.3 is 0 Å². The molecule has 0 saturated carbocycles. The van der Waals surface area contributed by atoms with Crippen molar-refractivity contribution < 1.29 is 8.42 Å². The lowest BCUT2D eigenvalue weighted by atomic mass is 10.1. The third-order valence-corrected chi connectivity index (χ3v) is 3.66. The smallest absolute Gasteiger partial charge is 0.297 e. The Labute approximate surface area is 110 Å². The monoisotopic (exact) mass is 294 g/mol. The largest absolute Gasteiger partial charge is 0.329 e. The average Bonchev–Trinajstić information content (AvgIpc) is 2.13. The van der Waals surface area contributed by atoms with Crippen molar-refractivity contribution in [2.45, 2.75) is 26.3 Å². The summed E-state index contributed by atoms with van der Waals surface area (Å²) in [5.74, 6) is -0.429. The Hall–Kier alpha value is -1.08. The molecule has 1 rings (SSSR count). The van der Waals surface area contributed by atoms with Crippen LogP contribution in [-0.4, -0.2) is 30.0 Å². The van der Waals surface area contributed by atoms with Gasteiger partial charge in [-0.2, -0.15) is 0 Å². The number of nitrogens with one attached hydrogen (secondary N) is 1. The van der Waals surface area contributed by atoms with Crippen molar-refractivity contribution in [1.82, 2.24) is 9.55 Å². The van der Waals surface area contributed by atoms with Crippen LogP contribution in [0.5, 0.6) is 0 Å². The molecule has 0 saturated heterocycles. The summed E-state index contributed by atoms with van der Waals surface area (Å²) in [6.45, 7) is 3.35. The molecule has 0 amide bonds. The fraction of sp³-hybridized carbons (Fsp3) is 0.600. The van der Waals surface area contributed by atoms with Gasteiger partial charge in [-0.1, -0.05) is 25.4 Å². The third kappa shape index (κ3) is 3.46. The molecule has 0 aromatic carbocycles. The Balaban J connectivity index is 3.33. The number of halogens is 1. The van der Waals surface area contributed by atoms with Gasteiger partial charge in [-0.15, -0.1) is 0 Å². The molecule has 1 heterocycles. The number of nitrogens with zero attached hydrogens (tertiary/aromatic N) is 1. The second-order valence-corrected chi connectivity index (χ2v) is 7.04. The molecule has 0 fully saturated rings. The molecule has 102 valence electrons. The standard InChI is InChI=1S/C10H15ClN2O4S/c1-6(2)7-8(11)12-10(15)13(9(7)14)4-5-18(3,16)17/h6H,4-5H2,1-3H3,(H,12,15). The molecule has 0 aliphatic rings. The van der Waals surface area contributed by atoms with Crippen LogP contribution in [0.4, 0.5) is 0 Å². The summed E-state index contributed by atoms with van der Waals surface area (Å²) in [4.78, 5) is 26.0. The molecular formula is C10H15ClN2O4S. The maximum atomic E-state index is 12.0. The van der Waals surface area contributed by atoms with E-state index in [1.807, 2.05) is 0 Å². The van der Waals surface area contributed by atoms with E-state index < -0.39 is 21.1 Å². The van der Waals surface area contributed by atoms with Crippen molar-refractivity contribution in [2.75, 3.05) is 12.0 Å². The predicted octanol–water partition coefficient (Wildman–Crippen LogP) is 0.358. The van der Waals surface area contributed by atoms with E-state index in [0.717, 1.165) is 10.8 Å². The molecule has 6 nitrogen and oxygen atoms in total. The number of sulfone groups is 1. The number of hydrogen-bond acceptors (Lipinski definition) is 4. The molecule has 0 unspecified atom stereocenters. The zero-order valence-corrected chi connectivity index (χ0v) is 11.9. The van der Waals surface area contributed by atoms with E-state index in [1.54, 1.807) is 13.8 Å². The van der Waals surface area contributed by atoms with Crippen LogP contribution in [0.2, 0.25) is 5.15 Å². The van der Waals surface area contributed by atoms with E-state index >= 15 is 0 Å². The highest BCUT2D eigenvalue weighted by Gasteiger charge is 2.16. The quantitative estimate of drug-likeness (QED) is 0.812. The van der Waals surface area contributed by atoms with Crippen LogP contribution < -0.4 is 11.2 Å². The highest BCUT2D eigenvalue weighted by molar-refractivity contribution is 7.90. The summed E-state index contributed by atoms with van der Waals surface area (Å²) in [5.41, 5.74) is -0.954. The lowest BCUT2D eigenvalue weighted by molar-refractivity contribution is 0.586. The van der Waals surface area contributed by atoms with Gasteiger partial charge >= 0.3 is 5.69 Å². The molecule has 0 bridgehead atoms. The average molecular weight is 295 g/mol. The van der Waals surface area contributed by atoms with Gasteiger partial charge in [0.05, 0.1) is 11.3 Å². The Bertz CT molecular complexity index is 657. The van der Waals surface area contributed by atoms with Crippen LogP contribution in [0.15, 0.2) is 9.59 Å². The van der Waals surface area contributed by atoms with Crippen LogP contribution >= 0.6 is 11.6 Å². The Morgan fingerprint density at radius 2 is 1.89 bits per heavy atom. The highest BCUT2D eigenvalue weighted by Crippen LogP contribution is 2.16. The molecular weight excluding hydrogens is 280 g/mol. The van der Waals surface area contributed by atoms with E-state index in [4.69, 9.17) is 11.6 Å². The molecule has 18 heavy (non-hydrogen) atoms. The Morgan fingerprint density at radius 3 is 2.33 bits per heavy atom. The summed E-state index contributed by atoms with van der Waals surface area (Å²) in [6.07, 6.45) is 1.05. The highest BCUT2D eigenvalue weighted by atomic mass is 35.5. The fourth-order valence-corrected chi connectivity index (χ4v) is 2.41. The van der Waals surface area contributed by atoms with Gasteiger partial charge in [-0.05, 0) is 5.92 Å². The van der Waals surface area contributed by atoms with Gasteiger partial charge in [0.1, 0.15) is 15.0 Å². The van der Waals surface area contributed by atoms with Crippen molar-refractivity contribution in [1.29, 1.82) is 0 Å². The number of H-pyrrole nitrogens is 1. The minimum Gasteiger partial charge on any atom is -0.297 e. The van der Waals surface area contributed by atoms with E-state index in [0.29, 0.717) is 0 Å². The van der Waals surface area contributed by atoms with Gasteiger partial charge in [0, 0.05) is 12.8 Å². The molecule has 0 atom stereocenters.